The Morgan fingerprint density at radius 3 is 3.12 bits per heavy atom. The van der Waals surface area contributed by atoms with E-state index >= 15 is 0 Å². The maximum Gasteiger partial charge on any atom is 0.349 e. The van der Waals surface area contributed by atoms with Gasteiger partial charge in [0.1, 0.15) is 5.82 Å². The molecule has 0 amide bonds. The number of rotatable bonds is 4. The summed E-state index contributed by atoms with van der Waals surface area (Å²) in [7, 11) is 0. The van der Waals surface area contributed by atoms with Crippen LogP contribution < -0.4 is 10.6 Å². The van der Waals surface area contributed by atoms with E-state index in [0.717, 1.165) is 37.6 Å². The number of aryl methyl sites for hydroxylation is 1. The number of hydrogen-bond acceptors (Lipinski definition) is 5. The summed E-state index contributed by atoms with van der Waals surface area (Å²) in [6.45, 7) is 4.96. The van der Waals surface area contributed by atoms with Gasteiger partial charge in [-0.15, -0.1) is 0 Å². The summed E-state index contributed by atoms with van der Waals surface area (Å²) in [5.41, 5.74) is 0.614. The highest BCUT2D eigenvalue weighted by molar-refractivity contribution is 7.80. The van der Waals surface area contributed by atoms with E-state index in [1.54, 1.807) is 4.57 Å². The second-order valence-corrected chi connectivity index (χ2v) is 4.33. The van der Waals surface area contributed by atoms with Crippen LogP contribution in [0.5, 0.6) is 0 Å². The topological polar surface area (TPSA) is 47.4 Å². The standard InChI is InChI=1S/C11H17N3O2S/c1-9-7-10-13(5-6-16-8-17)3-2-4-14(10)11(15)12-9/h7,17H,2-6,8H2,1H3. The van der Waals surface area contributed by atoms with E-state index in [1.165, 1.54) is 0 Å². The minimum atomic E-state index is -0.153. The molecule has 5 nitrogen and oxygen atoms in total. The fourth-order valence-electron chi connectivity index (χ4n) is 2.08. The van der Waals surface area contributed by atoms with E-state index in [2.05, 4.69) is 22.5 Å². The minimum absolute atomic E-state index is 0.153. The van der Waals surface area contributed by atoms with Crippen molar-refractivity contribution in [3.05, 3.63) is 22.2 Å². The number of fused-ring (bicyclic) bond motifs is 1. The molecule has 0 spiro atoms. The molecule has 2 heterocycles. The monoisotopic (exact) mass is 255 g/mol. The van der Waals surface area contributed by atoms with Gasteiger partial charge in [0.05, 0.1) is 12.5 Å². The Balaban J connectivity index is 2.21. The fraction of sp³-hybridized carbons (Fsp3) is 0.636. The summed E-state index contributed by atoms with van der Waals surface area (Å²) in [5, 5.41) is 0. The van der Waals surface area contributed by atoms with Gasteiger partial charge in [0, 0.05) is 31.4 Å². The quantitative estimate of drug-likeness (QED) is 0.488. The molecule has 6 heteroatoms. The molecule has 0 saturated carbocycles. The van der Waals surface area contributed by atoms with Crippen LogP contribution in [0.25, 0.3) is 0 Å². The molecule has 1 aliphatic heterocycles. The fourth-order valence-corrected chi connectivity index (χ4v) is 2.21. The van der Waals surface area contributed by atoms with Crippen molar-refractivity contribution >= 4 is 18.4 Å². The van der Waals surface area contributed by atoms with Crippen molar-refractivity contribution < 1.29 is 4.74 Å². The molecular formula is C11H17N3O2S. The summed E-state index contributed by atoms with van der Waals surface area (Å²) in [6, 6.07) is 1.96. The van der Waals surface area contributed by atoms with Gasteiger partial charge >= 0.3 is 5.69 Å². The Morgan fingerprint density at radius 2 is 2.35 bits per heavy atom. The second kappa shape index (κ2) is 5.55. The van der Waals surface area contributed by atoms with Crippen molar-refractivity contribution in [3.8, 4) is 0 Å². The first kappa shape index (κ1) is 12.4. The van der Waals surface area contributed by atoms with Gasteiger partial charge in [-0.1, -0.05) is 0 Å². The summed E-state index contributed by atoms with van der Waals surface area (Å²) >= 11 is 4.00. The molecule has 0 N–H and O–H groups in total. The molecular weight excluding hydrogens is 238 g/mol. The van der Waals surface area contributed by atoms with Crippen LogP contribution in [0.15, 0.2) is 10.9 Å². The zero-order valence-corrected chi connectivity index (χ0v) is 10.8. The highest BCUT2D eigenvalue weighted by atomic mass is 32.1. The Hall–Kier alpha value is -1.01. The smallest absolute Gasteiger partial charge is 0.349 e. The van der Waals surface area contributed by atoms with Crippen LogP contribution in [-0.4, -0.2) is 35.2 Å². The lowest BCUT2D eigenvalue weighted by Crippen LogP contribution is -2.40. The first-order valence-corrected chi connectivity index (χ1v) is 6.37. The first-order valence-electron chi connectivity index (χ1n) is 5.74. The van der Waals surface area contributed by atoms with Crippen molar-refractivity contribution in [2.45, 2.75) is 19.9 Å². The normalized spacial score (nSPS) is 14.8. The van der Waals surface area contributed by atoms with E-state index in [4.69, 9.17) is 4.74 Å². The molecule has 1 aromatic rings. The highest BCUT2D eigenvalue weighted by Crippen LogP contribution is 2.18. The van der Waals surface area contributed by atoms with E-state index in [0.29, 0.717) is 12.5 Å². The van der Waals surface area contributed by atoms with Gasteiger partial charge in [0.25, 0.3) is 0 Å². The number of thiol groups is 1. The van der Waals surface area contributed by atoms with Gasteiger partial charge in [-0.25, -0.2) is 4.79 Å². The van der Waals surface area contributed by atoms with Gasteiger partial charge < -0.3 is 9.64 Å². The van der Waals surface area contributed by atoms with Crippen molar-refractivity contribution in [1.29, 1.82) is 0 Å². The van der Waals surface area contributed by atoms with Crippen LogP contribution in [0.1, 0.15) is 12.1 Å². The first-order chi connectivity index (χ1) is 8.22. The van der Waals surface area contributed by atoms with Crippen LogP contribution in [-0.2, 0) is 11.3 Å². The van der Waals surface area contributed by atoms with Crippen molar-refractivity contribution in [3.63, 3.8) is 0 Å². The maximum absolute atomic E-state index is 11.7. The molecule has 1 aliphatic rings. The molecule has 1 aromatic heterocycles. The molecule has 0 aromatic carbocycles. The highest BCUT2D eigenvalue weighted by Gasteiger charge is 2.18. The molecule has 0 atom stereocenters. The molecule has 94 valence electrons. The second-order valence-electron chi connectivity index (χ2n) is 4.07. The van der Waals surface area contributed by atoms with Gasteiger partial charge in [0.2, 0.25) is 0 Å². The third-order valence-electron chi connectivity index (χ3n) is 2.85. The molecule has 0 bridgehead atoms. The zero-order valence-electron chi connectivity index (χ0n) is 9.93. The van der Waals surface area contributed by atoms with E-state index in [9.17, 15) is 4.79 Å². The van der Waals surface area contributed by atoms with Gasteiger partial charge in [-0.05, 0) is 13.3 Å². The van der Waals surface area contributed by atoms with E-state index in [1.807, 2.05) is 13.0 Å². The predicted molar refractivity (Wildman–Crippen MR) is 69.9 cm³/mol. The summed E-state index contributed by atoms with van der Waals surface area (Å²) in [6.07, 6.45) is 0.971. The molecule has 2 rings (SSSR count). The van der Waals surface area contributed by atoms with E-state index in [-0.39, 0.29) is 5.69 Å². The molecule has 0 unspecified atom stereocenters. The third kappa shape index (κ3) is 2.81. The van der Waals surface area contributed by atoms with Gasteiger partial charge in [0.15, 0.2) is 0 Å². The Bertz CT molecular complexity index is 447. The van der Waals surface area contributed by atoms with Crippen molar-refractivity contribution in [2.24, 2.45) is 0 Å². The van der Waals surface area contributed by atoms with Crippen LogP contribution in [0.4, 0.5) is 5.82 Å². The van der Waals surface area contributed by atoms with Gasteiger partial charge in [-0.3, -0.25) is 4.57 Å². The molecule has 17 heavy (non-hydrogen) atoms. The number of ether oxygens (including phenoxy) is 1. The number of hydrogen-bond donors (Lipinski definition) is 1. The van der Waals surface area contributed by atoms with Crippen LogP contribution in [0.3, 0.4) is 0 Å². The molecule has 0 saturated heterocycles. The van der Waals surface area contributed by atoms with Crippen LogP contribution in [0.2, 0.25) is 0 Å². The summed E-state index contributed by atoms with van der Waals surface area (Å²) in [4.78, 5) is 17.9. The SMILES string of the molecule is Cc1cc2n(c(=O)n1)CCCN2CCOCS. The number of aromatic nitrogens is 2. The van der Waals surface area contributed by atoms with Gasteiger partial charge in [-0.2, -0.15) is 17.6 Å². The average molecular weight is 255 g/mol. The Labute approximate surface area is 106 Å². The van der Waals surface area contributed by atoms with Crippen LogP contribution in [0, 0.1) is 6.92 Å². The van der Waals surface area contributed by atoms with Crippen molar-refractivity contribution in [1.82, 2.24) is 9.55 Å². The Morgan fingerprint density at radius 1 is 1.53 bits per heavy atom. The molecule has 0 fully saturated rings. The lowest BCUT2D eigenvalue weighted by molar-refractivity contribution is 0.189. The minimum Gasteiger partial charge on any atom is -0.369 e. The largest absolute Gasteiger partial charge is 0.369 e. The van der Waals surface area contributed by atoms with Crippen molar-refractivity contribution in [2.75, 3.05) is 30.5 Å². The number of anilines is 1. The maximum atomic E-state index is 11.7. The molecule has 0 aliphatic carbocycles. The lowest BCUT2D eigenvalue weighted by atomic mass is 10.2. The molecule has 0 radical (unpaired) electrons. The van der Waals surface area contributed by atoms with Crippen LogP contribution >= 0.6 is 12.6 Å². The van der Waals surface area contributed by atoms with E-state index < -0.39 is 0 Å². The lowest BCUT2D eigenvalue weighted by Gasteiger charge is -2.31. The Kier molecular flexibility index (Phi) is 4.06. The predicted octanol–water partition coefficient (Wildman–Crippen LogP) is 0.666. The number of nitrogens with zero attached hydrogens (tertiary/aromatic N) is 3. The third-order valence-corrected chi connectivity index (χ3v) is 3.03. The average Bonchev–Trinajstić information content (AvgIpc) is 2.30. The summed E-state index contributed by atoms with van der Waals surface area (Å²) in [5.74, 6) is 1.38. The summed E-state index contributed by atoms with van der Waals surface area (Å²) < 4.78 is 6.96. The zero-order chi connectivity index (χ0) is 12.3.